The molecule has 0 fully saturated rings. The summed E-state index contributed by atoms with van der Waals surface area (Å²) in [5.74, 6) is 0.215. The van der Waals surface area contributed by atoms with Crippen molar-refractivity contribution >= 4 is 17.9 Å². The van der Waals surface area contributed by atoms with Gasteiger partial charge in [0.25, 0.3) is 0 Å². The maximum absolute atomic E-state index is 12.7. The molecule has 8 heteroatoms. The number of aldehydes is 1. The van der Waals surface area contributed by atoms with Crippen molar-refractivity contribution in [2.24, 2.45) is 0 Å². The summed E-state index contributed by atoms with van der Waals surface area (Å²) in [5.41, 5.74) is -0.978. The summed E-state index contributed by atoms with van der Waals surface area (Å²) in [6.45, 7) is 0. The van der Waals surface area contributed by atoms with E-state index in [0.29, 0.717) is 12.4 Å². The van der Waals surface area contributed by atoms with Gasteiger partial charge in [-0.05, 0) is 12.1 Å². The monoisotopic (exact) mass is 340 g/mol. The minimum Gasteiger partial charge on any atom is -0.496 e. The molecule has 0 aliphatic rings. The molecular formula is C15H8ClF3N2O2. The molecular weight excluding hydrogens is 333 g/mol. The Morgan fingerprint density at radius 1 is 1.30 bits per heavy atom. The van der Waals surface area contributed by atoms with Gasteiger partial charge >= 0.3 is 6.18 Å². The number of nitriles is 1. The van der Waals surface area contributed by atoms with E-state index < -0.39 is 11.9 Å². The van der Waals surface area contributed by atoms with Crippen LogP contribution in [0.25, 0.3) is 11.1 Å². The molecule has 0 spiro atoms. The summed E-state index contributed by atoms with van der Waals surface area (Å²) in [7, 11) is 1.35. The third-order valence-corrected chi connectivity index (χ3v) is 3.36. The summed E-state index contributed by atoms with van der Waals surface area (Å²) < 4.78 is 43.0. The third kappa shape index (κ3) is 3.27. The molecule has 4 nitrogen and oxygen atoms in total. The lowest BCUT2D eigenvalue weighted by Crippen LogP contribution is -2.08. The summed E-state index contributed by atoms with van der Waals surface area (Å²) in [6, 6.07) is 5.00. The van der Waals surface area contributed by atoms with E-state index in [1.807, 2.05) is 0 Å². The molecule has 0 amide bonds. The van der Waals surface area contributed by atoms with Gasteiger partial charge < -0.3 is 4.74 Å². The van der Waals surface area contributed by atoms with E-state index in [1.165, 1.54) is 19.2 Å². The topological polar surface area (TPSA) is 63.0 Å². The average Bonchev–Trinajstić information content (AvgIpc) is 2.53. The van der Waals surface area contributed by atoms with Crippen molar-refractivity contribution in [3.63, 3.8) is 0 Å². The Balaban J connectivity index is 2.68. The Labute approximate surface area is 134 Å². The van der Waals surface area contributed by atoms with Gasteiger partial charge in [0.1, 0.15) is 11.4 Å². The zero-order valence-electron chi connectivity index (χ0n) is 11.6. The number of methoxy groups -OCH3 is 1. The fraction of sp³-hybridized carbons (Fsp3) is 0.133. The molecule has 0 saturated heterocycles. The molecule has 1 aromatic carbocycles. The number of aromatic nitrogens is 1. The highest BCUT2D eigenvalue weighted by Crippen LogP contribution is 2.36. The molecule has 0 aliphatic carbocycles. The van der Waals surface area contributed by atoms with Crippen molar-refractivity contribution < 1.29 is 22.7 Å². The van der Waals surface area contributed by atoms with E-state index in [9.17, 15) is 18.0 Å². The van der Waals surface area contributed by atoms with Gasteiger partial charge in [-0.25, -0.2) is 0 Å². The summed E-state index contributed by atoms with van der Waals surface area (Å²) in [5, 5.41) is 9.22. The number of hydrogen-bond donors (Lipinski definition) is 0. The lowest BCUT2D eigenvalue weighted by Gasteiger charge is -2.12. The van der Waals surface area contributed by atoms with Gasteiger partial charge in [-0.15, -0.1) is 0 Å². The lowest BCUT2D eigenvalue weighted by atomic mass is 9.99. The molecule has 0 atom stereocenters. The highest BCUT2D eigenvalue weighted by molar-refractivity contribution is 6.33. The predicted molar refractivity (Wildman–Crippen MR) is 76.3 cm³/mol. The molecule has 118 valence electrons. The largest absolute Gasteiger partial charge is 0.496 e. The van der Waals surface area contributed by atoms with Crippen molar-refractivity contribution in [1.82, 2.24) is 4.98 Å². The van der Waals surface area contributed by atoms with Crippen molar-refractivity contribution in [2.45, 2.75) is 6.18 Å². The minimum absolute atomic E-state index is 0.0938. The standard InChI is InChI=1S/C15H8ClF3N2O2/c1-23-13-4-12(16)10(2-9(13)7-22)11-6-21-14(15(17,18)19)3-8(11)5-20/h2-4,6-7H,1H3. The quantitative estimate of drug-likeness (QED) is 0.789. The molecule has 0 unspecified atom stereocenters. The zero-order valence-corrected chi connectivity index (χ0v) is 12.4. The summed E-state index contributed by atoms with van der Waals surface area (Å²) in [6.07, 6.45) is -3.24. The van der Waals surface area contributed by atoms with Gasteiger partial charge in [0.05, 0.1) is 29.3 Å². The second-order valence-corrected chi connectivity index (χ2v) is 4.82. The molecule has 0 radical (unpaired) electrons. The first-order valence-electron chi connectivity index (χ1n) is 6.12. The lowest BCUT2D eigenvalue weighted by molar-refractivity contribution is -0.141. The van der Waals surface area contributed by atoms with Gasteiger partial charge in [0, 0.05) is 23.4 Å². The molecule has 2 rings (SSSR count). The number of alkyl halides is 3. The van der Waals surface area contributed by atoms with Crippen LogP contribution in [0.5, 0.6) is 5.75 Å². The van der Waals surface area contributed by atoms with Crippen LogP contribution in [-0.4, -0.2) is 18.4 Å². The van der Waals surface area contributed by atoms with Gasteiger partial charge in [0.2, 0.25) is 0 Å². The number of carbonyl (C=O) groups excluding carboxylic acids is 1. The van der Waals surface area contributed by atoms with Crippen LogP contribution < -0.4 is 4.74 Å². The van der Waals surface area contributed by atoms with Crippen molar-refractivity contribution in [3.8, 4) is 22.9 Å². The molecule has 23 heavy (non-hydrogen) atoms. The van der Waals surface area contributed by atoms with Gasteiger partial charge in [-0.2, -0.15) is 18.4 Å². The molecule has 0 N–H and O–H groups in total. The zero-order chi connectivity index (χ0) is 17.2. The van der Waals surface area contributed by atoms with Crippen LogP contribution in [0, 0.1) is 11.3 Å². The van der Waals surface area contributed by atoms with Crippen LogP contribution in [-0.2, 0) is 6.18 Å². The average molecular weight is 341 g/mol. The highest BCUT2D eigenvalue weighted by Gasteiger charge is 2.33. The van der Waals surface area contributed by atoms with Gasteiger partial charge in [-0.1, -0.05) is 11.6 Å². The molecule has 1 aromatic heterocycles. The Kier molecular flexibility index (Phi) is 4.57. The van der Waals surface area contributed by atoms with Crippen LogP contribution in [0.1, 0.15) is 21.6 Å². The Bertz CT molecular complexity index is 814. The van der Waals surface area contributed by atoms with E-state index >= 15 is 0 Å². The van der Waals surface area contributed by atoms with Gasteiger partial charge in [-0.3, -0.25) is 9.78 Å². The number of rotatable bonds is 3. The smallest absolute Gasteiger partial charge is 0.433 e. The van der Waals surface area contributed by atoms with Crippen LogP contribution in [0.3, 0.4) is 0 Å². The first-order valence-corrected chi connectivity index (χ1v) is 6.50. The maximum Gasteiger partial charge on any atom is 0.433 e. The molecule has 0 aliphatic heterocycles. The first-order chi connectivity index (χ1) is 10.8. The second kappa shape index (κ2) is 6.26. The Hall–Kier alpha value is -2.59. The van der Waals surface area contributed by atoms with Crippen LogP contribution in [0.15, 0.2) is 24.4 Å². The molecule has 2 aromatic rings. The Morgan fingerprint density at radius 3 is 2.52 bits per heavy atom. The van der Waals surface area contributed by atoms with E-state index in [2.05, 4.69) is 4.98 Å². The third-order valence-electron chi connectivity index (χ3n) is 3.05. The van der Waals surface area contributed by atoms with Crippen molar-refractivity contribution in [2.75, 3.05) is 7.11 Å². The highest BCUT2D eigenvalue weighted by atomic mass is 35.5. The van der Waals surface area contributed by atoms with Crippen molar-refractivity contribution in [1.29, 1.82) is 5.26 Å². The van der Waals surface area contributed by atoms with E-state index in [1.54, 1.807) is 6.07 Å². The number of hydrogen-bond acceptors (Lipinski definition) is 4. The van der Waals surface area contributed by atoms with Crippen molar-refractivity contribution in [3.05, 3.63) is 46.2 Å². The SMILES string of the molecule is COc1cc(Cl)c(-c2cnc(C(F)(F)F)cc2C#N)cc1C=O. The van der Waals surface area contributed by atoms with E-state index in [-0.39, 0.29) is 33.0 Å². The summed E-state index contributed by atoms with van der Waals surface area (Å²) >= 11 is 6.07. The fourth-order valence-electron chi connectivity index (χ4n) is 1.96. The predicted octanol–water partition coefficient (Wildman–Crippen LogP) is 4.11. The van der Waals surface area contributed by atoms with Crippen LogP contribution >= 0.6 is 11.6 Å². The number of ether oxygens (including phenoxy) is 1. The molecule has 1 heterocycles. The summed E-state index contributed by atoms with van der Waals surface area (Å²) in [4.78, 5) is 14.4. The van der Waals surface area contributed by atoms with Gasteiger partial charge in [0.15, 0.2) is 6.29 Å². The Morgan fingerprint density at radius 2 is 2.00 bits per heavy atom. The van der Waals surface area contributed by atoms with E-state index in [0.717, 1.165) is 6.20 Å². The van der Waals surface area contributed by atoms with E-state index in [4.69, 9.17) is 21.6 Å². The van der Waals surface area contributed by atoms with Crippen LogP contribution in [0.2, 0.25) is 5.02 Å². The molecule has 0 bridgehead atoms. The number of carbonyl (C=O) groups is 1. The number of halogens is 4. The second-order valence-electron chi connectivity index (χ2n) is 4.42. The normalized spacial score (nSPS) is 11.0. The molecule has 0 saturated carbocycles. The first kappa shape index (κ1) is 16.8. The number of pyridine rings is 1. The fourth-order valence-corrected chi connectivity index (χ4v) is 2.22. The minimum atomic E-state index is -4.66. The number of benzene rings is 1. The number of nitrogens with zero attached hydrogens (tertiary/aromatic N) is 2. The van der Waals surface area contributed by atoms with Crippen LogP contribution in [0.4, 0.5) is 13.2 Å². The maximum atomic E-state index is 12.7.